The monoisotopic (exact) mass is 354 g/mol. The van der Waals surface area contributed by atoms with Crippen LogP contribution in [0, 0.1) is 5.41 Å². The van der Waals surface area contributed by atoms with Crippen molar-refractivity contribution < 1.29 is 0 Å². The molecule has 0 aromatic heterocycles. The van der Waals surface area contributed by atoms with Crippen molar-refractivity contribution in [3.8, 4) is 0 Å². The molecule has 5 heteroatoms. The van der Waals surface area contributed by atoms with Gasteiger partial charge in [0.15, 0.2) is 5.96 Å². The Morgan fingerprint density at radius 3 is 2.35 bits per heavy atom. The highest BCUT2D eigenvalue weighted by atomic mass is 127. The summed E-state index contributed by atoms with van der Waals surface area (Å²) < 4.78 is 0. The van der Waals surface area contributed by atoms with Crippen LogP contribution < -0.4 is 11.1 Å². The number of nitrogens with two attached hydrogens (primary N) is 1. The SMILES string of the molecule is C=C(C)CNC(N)=NCC(C)(C)CN(C)C.I. The summed E-state index contributed by atoms with van der Waals surface area (Å²) in [4.78, 5) is 6.50. The third kappa shape index (κ3) is 12.0. The Hall–Kier alpha value is -0.300. The van der Waals surface area contributed by atoms with Gasteiger partial charge < -0.3 is 16.0 Å². The van der Waals surface area contributed by atoms with Gasteiger partial charge in [-0.1, -0.05) is 26.0 Å². The van der Waals surface area contributed by atoms with E-state index in [-0.39, 0.29) is 29.4 Å². The van der Waals surface area contributed by atoms with Crippen LogP contribution in [-0.2, 0) is 0 Å². The summed E-state index contributed by atoms with van der Waals surface area (Å²) in [5.74, 6) is 0.495. The molecule has 0 heterocycles. The number of guanidine groups is 1. The molecule has 3 N–H and O–H groups in total. The fraction of sp³-hybridized carbons (Fsp3) is 0.750. The number of halogens is 1. The molecule has 17 heavy (non-hydrogen) atoms. The summed E-state index contributed by atoms with van der Waals surface area (Å²) >= 11 is 0. The summed E-state index contributed by atoms with van der Waals surface area (Å²) in [5, 5.41) is 3.02. The number of aliphatic imine (C=N–C) groups is 1. The minimum atomic E-state index is 0. The van der Waals surface area contributed by atoms with Gasteiger partial charge in [-0.2, -0.15) is 0 Å². The van der Waals surface area contributed by atoms with Gasteiger partial charge in [-0.25, -0.2) is 0 Å². The smallest absolute Gasteiger partial charge is 0.188 e. The molecule has 0 saturated heterocycles. The third-order valence-corrected chi connectivity index (χ3v) is 1.99. The van der Waals surface area contributed by atoms with Gasteiger partial charge in [-0.15, -0.1) is 24.0 Å². The van der Waals surface area contributed by atoms with Gasteiger partial charge >= 0.3 is 0 Å². The molecule has 0 aromatic carbocycles. The van der Waals surface area contributed by atoms with Crippen LogP contribution in [0.1, 0.15) is 20.8 Å². The Bertz CT molecular complexity index is 259. The standard InChI is InChI=1S/C12H26N4.HI/c1-10(2)7-14-11(13)15-8-12(3,4)9-16(5)6;/h1,7-9H2,2-6H3,(H3,13,14,15);1H. The minimum Gasteiger partial charge on any atom is -0.370 e. The quantitative estimate of drug-likeness (QED) is 0.330. The predicted octanol–water partition coefficient (Wildman–Crippen LogP) is 1.67. The van der Waals surface area contributed by atoms with Crippen LogP contribution in [0.25, 0.3) is 0 Å². The van der Waals surface area contributed by atoms with Gasteiger partial charge in [0.2, 0.25) is 0 Å². The Balaban J connectivity index is 0. The average Bonchev–Trinajstić information content (AvgIpc) is 2.09. The maximum absolute atomic E-state index is 5.74. The molecule has 0 saturated carbocycles. The fourth-order valence-corrected chi connectivity index (χ4v) is 1.50. The number of hydrogen-bond acceptors (Lipinski definition) is 2. The lowest BCUT2D eigenvalue weighted by molar-refractivity contribution is 0.249. The predicted molar refractivity (Wildman–Crippen MR) is 87.1 cm³/mol. The summed E-state index contributed by atoms with van der Waals surface area (Å²) in [6.45, 7) is 12.5. The zero-order valence-corrected chi connectivity index (χ0v) is 14.0. The zero-order valence-electron chi connectivity index (χ0n) is 11.7. The van der Waals surface area contributed by atoms with E-state index in [1.54, 1.807) is 0 Å². The molecule has 0 unspecified atom stereocenters. The molecule has 0 aliphatic carbocycles. The highest BCUT2D eigenvalue weighted by Crippen LogP contribution is 2.15. The first-order valence-corrected chi connectivity index (χ1v) is 5.56. The van der Waals surface area contributed by atoms with Crippen LogP contribution >= 0.6 is 24.0 Å². The topological polar surface area (TPSA) is 53.6 Å². The Morgan fingerprint density at radius 1 is 1.41 bits per heavy atom. The Morgan fingerprint density at radius 2 is 1.94 bits per heavy atom. The van der Waals surface area contributed by atoms with Crippen molar-refractivity contribution in [2.75, 3.05) is 33.7 Å². The van der Waals surface area contributed by atoms with Crippen molar-refractivity contribution in [2.45, 2.75) is 20.8 Å². The van der Waals surface area contributed by atoms with Gasteiger partial charge in [-0.05, 0) is 26.4 Å². The Kier molecular flexibility index (Phi) is 9.80. The molecular weight excluding hydrogens is 327 g/mol. The molecule has 0 spiro atoms. The second kappa shape index (κ2) is 8.74. The number of nitrogens with zero attached hydrogens (tertiary/aromatic N) is 2. The molecule has 0 bridgehead atoms. The van der Waals surface area contributed by atoms with Crippen LogP contribution in [0.15, 0.2) is 17.1 Å². The molecular formula is C12H27IN4. The molecule has 0 aromatic rings. The summed E-state index contributed by atoms with van der Waals surface area (Å²) in [6, 6.07) is 0. The molecule has 0 atom stereocenters. The third-order valence-electron chi connectivity index (χ3n) is 1.99. The van der Waals surface area contributed by atoms with E-state index in [9.17, 15) is 0 Å². The molecule has 0 aliphatic heterocycles. The summed E-state index contributed by atoms with van der Waals surface area (Å²) in [6.07, 6.45) is 0. The molecule has 0 fully saturated rings. The lowest BCUT2D eigenvalue weighted by Crippen LogP contribution is -2.36. The largest absolute Gasteiger partial charge is 0.370 e. The molecule has 0 radical (unpaired) electrons. The maximum Gasteiger partial charge on any atom is 0.188 e. The molecule has 0 rings (SSSR count). The lowest BCUT2D eigenvalue weighted by Gasteiger charge is -2.26. The van der Waals surface area contributed by atoms with Crippen molar-refractivity contribution in [2.24, 2.45) is 16.1 Å². The lowest BCUT2D eigenvalue weighted by atomic mass is 9.93. The number of nitrogens with one attached hydrogen (secondary N) is 1. The van der Waals surface area contributed by atoms with Crippen LogP contribution in [0.4, 0.5) is 0 Å². The van der Waals surface area contributed by atoms with Gasteiger partial charge in [-0.3, -0.25) is 4.99 Å². The van der Waals surface area contributed by atoms with E-state index in [1.807, 2.05) is 6.92 Å². The van der Waals surface area contributed by atoms with Crippen molar-refractivity contribution in [3.63, 3.8) is 0 Å². The van der Waals surface area contributed by atoms with Gasteiger partial charge in [0.1, 0.15) is 0 Å². The normalized spacial score (nSPS) is 12.2. The highest BCUT2D eigenvalue weighted by molar-refractivity contribution is 14.0. The Labute approximate surface area is 123 Å². The fourth-order valence-electron chi connectivity index (χ4n) is 1.50. The van der Waals surface area contributed by atoms with E-state index in [2.05, 4.69) is 49.7 Å². The minimum absolute atomic E-state index is 0. The van der Waals surface area contributed by atoms with E-state index >= 15 is 0 Å². The van der Waals surface area contributed by atoms with E-state index in [1.165, 1.54) is 0 Å². The molecule has 0 aliphatic rings. The van der Waals surface area contributed by atoms with Crippen molar-refractivity contribution >= 4 is 29.9 Å². The highest BCUT2D eigenvalue weighted by Gasteiger charge is 2.18. The van der Waals surface area contributed by atoms with Crippen LogP contribution in [0.3, 0.4) is 0 Å². The second-order valence-corrected chi connectivity index (χ2v) is 5.41. The molecule has 4 nitrogen and oxygen atoms in total. The van der Waals surface area contributed by atoms with E-state index in [0.717, 1.165) is 18.7 Å². The van der Waals surface area contributed by atoms with Gasteiger partial charge in [0.05, 0.1) is 0 Å². The van der Waals surface area contributed by atoms with Gasteiger partial charge in [0.25, 0.3) is 0 Å². The first-order chi connectivity index (χ1) is 7.23. The van der Waals surface area contributed by atoms with Gasteiger partial charge in [0, 0.05) is 19.6 Å². The van der Waals surface area contributed by atoms with Crippen molar-refractivity contribution in [1.82, 2.24) is 10.2 Å². The van der Waals surface area contributed by atoms with Crippen LogP contribution in [0.2, 0.25) is 0 Å². The van der Waals surface area contributed by atoms with Crippen molar-refractivity contribution in [1.29, 1.82) is 0 Å². The van der Waals surface area contributed by atoms with E-state index in [0.29, 0.717) is 12.5 Å². The number of hydrogen-bond donors (Lipinski definition) is 2. The van der Waals surface area contributed by atoms with Crippen LogP contribution in [-0.4, -0.2) is 44.6 Å². The summed E-state index contributed by atoms with van der Waals surface area (Å²) in [7, 11) is 4.13. The van der Waals surface area contributed by atoms with Crippen molar-refractivity contribution in [3.05, 3.63) is 12.2 Å². The van der Waals surface area contributed by atoms with E-state index < -0.39 is 0 Å². The first-order valence-electron chi connectivity index (χ1n) is 5.56. The second-order valence-electron chi connectivity index (χ2n) is 5.41. The summed E-state index contributed by atoms with van der Waals surface area (Å²) in [5.41, 5.74) is 6.93. The average molecular weight is 354 g/mol. The first kappa shape index (κ1) is 19.0. The van der Waals surface area contributed by atoms with Crippen LogP contribution in [0.5, 0.6) is 0 Å². The maximum atomic E-state index is 5.74. The molecule has 0 amide bonds. The molecule has 102 valence electrons. The number of rotatable bonds is 6. The zero-order chi connectivity index (χ0) is 12.8. The van der Waals surface area contributed by atoms with E-state index in [4.69, 9.17) is 5.73 Å².